The number of sulfonamides is 1. The van der Waals surface area contributed by atoms with Gasteiger partial charge < -0.3 is 10.0 Å². The van der Waals surface area contributed by atoms with Crippen molar-refractivity contribution in [3.63, 3.8) is 0 Å². The van der Waals surface area contributed by atoms with Crippen molar-refractivity contribution < 1.29 is 17.9 Å². The summed E-state index contributed by atoms with van der Waals surface area (Å²) in [6.45, 7) is 0.865. The molecule has 0 saturated carbocycles. The summed E-state index contributed by atoms with van der Waals surface area (Å²) in [6.07, 6.45) is 2.08. The molecule has 1 aromatic heterocycles. The zero-order valence-electron chi connectivity index (χ0n) is 17.7. The van der Waals surface area contributed by atoms with Crippen LogP contribution in [0.4, 0.5) is 15.9 Å². The molecule has 3 aromatic rings. The highest BCUT2D eigenvalue weighted by atomic mass is 35.5. The van der Waals surface area contributed by atoms with Crippen molar-refractivity contribution in [2.24, 2.45) is 0 Å². The number of hydrogen-bond donors (Lipinski definition) is 2. The van der Waals surface area contributed by atoms with Gasteiger partial charge in [0.15, 0.2) is 0 Å². The Labute approximate surface area is 206 Å². The third kappa shape index (κ3) is 4.95. The summed E-state index contributed by atoms with van der Waals surface area (Å²) >= 11 is 11.6. The van der Waals surface area contributed by atoms with Crippen LogP contribution in [0.25, 0.3) is 0 Å². The summed E-state index contributed by atoms with van der Waals surface area (Å²) in [7, 11) is -4.26. The van der Waals surface area contributed by atoms with E-state index in [0.717, 1.165) is 17.7 Å². The summed E-state index contributed by atoms with van der Waals surface area (Å²) in [5.41, 5.74) is -0.0891. The molecule has 2 N–H and O–H groups in total. The van der Waals surface area contributed by atoms with E-state index < -0.39 is 26.3 Å². The average Bonchev–Trinajstić information content (AvgIpc) is 2.79. The Balaban J connectivity index is 1.52. The third-order valence-corrected chi connectivity index (χ3v) is 7.60. The van der Waals surface area contributed by atoms with Crippen LogP contribution in [0.5, 0.6) is 0 Å². The van der Waals surface area contributed by atoms with Gasteiger partial charge in [-0.3, -0.25) is 4.72 Å². The van der Waals surface area contributed by atoms with Crippen LogP contribution in [0.15, 0.2) is 59.6 Å². The summed E-state index contributed by atoms with van der Waals surface area (Å²) in [6, 6.07) is 13.6. The maximum Gasteiger partial charge on any atom is 0.264 e. The van der Waals surface area contributed by atoms with Crippen molar-refractivity contribution in [3.05, 3.63) is 81.7 Å². The first kappa shape index (κ1) is 24.2. The van der Waals surface area contributed by atoms with E-state index in [4.69, 9.17) is 23.2 Å². The van der Waals surface area contributed by atoms with Crippen molar-refractivity contribution in [1.82, 2.24) is 4.98 Å². The van der Waals surface area contributed by atoms with Crippen molar-refractivity contribution in [3.8, 4) is 6.07 Å². The monoisotopic (exact) mass is 520 g/mol. The fraction of sp³-hybridized carbons (Fsp3) is 0.217. The van der Waals surface area contributed by atoms with E-state index in [1.54, 1.807) is 24.3 Å². The van der Waals surface area contributed by atoms with Crippen LogP contribution in [0.1, 0.15) is 24.0 Å². The number of piperidine rings is 1. The molecule has 11 heteroatoms. The van der Waals surface area contributed by atoms with E-state index in [1.165, 1.54) is 18.3 Å². The third-order valence-electron chi connectivity index (χ3n) is 5.69. The van der Waals surface area contributed by atoms with Gasteiger partial charge in [-0.15, -0.1) is 0 Å². The number of nitrogens with zero attached hydrogens (tertiary/aromatic N) is 3. The zero-order chi connectivity index (χ0) is 24.5. The fourth-order valence-electron chi connectivity index (χ4n) is 3.89. The Bertz CT molecular complexity index is 1370. The molecule has 0 unspecified atom stereocenters. The van der Waals surface area contributed by atoms with Gasteiger partial charge in [0, 0.05) is 23.1 Å². The number of rotatable bonds is 5. The molecule has 0 spiro atoms. The molecule has 7 nitrogen and oxygen atoms in total. The first-order chi connectivity index (χ1) is 16.1. The largest absolute Gasteiger partial charge is 0.385 e. The van der Waals surface area contributed by atoms with Gasteiger partial charge in [-0.25, -0.2) is 17.8 Å². The minimum Gasteiger partial charge on any atom is -0.385 e. The normalized spacial score (nSPS) is 15.6. The molecule has 1 aliphatic rings. The smallest absolute Gasteiger partial charge is 0.264 e. The topological polar surface area (TPSA) is 106 Å². The fourth-order valence-corrected chi connectivity index (χ4v) is 5.27. The Hall–Kier alpha value is -2.90. The highest BCUT2D eigenvalue weighted by Crippen LogP contribution is 2.35. The van der Waals surface area contributed by atoms with Gasteiger partial charge >= 0.3 is 0 Å². The lowest BCUT2D eigenvalue weighted by Crippen LogP contribution is -2.43. The molecule has 0 aliphatic carbocycles. The lowest BCUT2D eigenvalue weighted by molar-refractivity contribution is 0.0116. The van der Waals surface area contributed by atoms with E-state index in [2.05, 4.69) is 9.71 Å². The van der Waals surface area contributed by atoms with Crippen LogP contribution in [0.2, 0.25) is 10.0 Å². The predicted octanol–water partition coefficient (Wildman–Crippen LogP) is 4.69. The molecular formula is C23H19Cl2FN4O3S. The molecule has 2 heterocycles. The van der Waals surface area contributed by atoms with Gasteiger partial charge in [0.05, 0.1) is 23.0 Å². The van der Waals surface area contributed by atoms with Gasteiger partial charge in [0.2, 0.25) is 0 Å². The number of nitrogens with one attached hydrogen (secondary N) is 1. The van der Waals surface area contributed by atoms with Crippen LogP contribution < -0.4 is 9.62 Å². The molecule has 0 bridgehead atoms. The van der Waals surface area contributed by atoms with Gasteiger partial charge in [-0.05, 0) is 54.8 Å². The summed E-state index contributed by atoms with van der Waals surface area (Å²) in [5.74, 6) is -0.618. The van der Waals surface area contributed by atoms with Gasteiger partial charge in [-0.1, -0.05) is 35.3 Å². The lowest BCUT2D eigenvalue weighted by Gasteiger charge is -2.39. The molecule has 1 fully saturated rings. The number of benzene rings is 2. The Morgan fingerprint density at radius 3 is 2.35 bits per heavy atom. The second-order valence-electron chi connectivity index (χ2n) is 7.91. The maximum absolute atomic E-state index is 14.1. The zero-order valence-corrected chi connectivity index (χ0v) is 20.0. The first-order valence-corrected chi connectivity index (χ1v) is 12.5. The van der Waals surface area contributed by atoms with Crippen LogP contribution in [0.3, 0.4) is 0 Å². The number of nitriles is 1. The number of aliphatic hydroxyl groups is 1. The number of hydrogen-bond acceptors (Lipinski definition) is 6. The number of pyridine rings is 1. The van der Waals surface area contributed by atoms with Crippen LogP contribution in [-0.2, 0) is 15.6 Å². The molecular weight excluding hydrogens is 502 g/mol. The predicted molar refractivity (Wildman–Crippen MR) is 128 cm³/mol. The highest BCUT2D eigenvalue weighted by Gasteiger charge is 2.35. The van der Waals surface area contributed by atoms with Crippen LogP contribution in [-0.4, -0.2) is 31.6 Å². The minimum atomic E-state index is -4.26. The van der Waals surface area contributed by atoms with Crippen molar-refractivity contribution in [1.29, 1.82) is 5.26 Å². The van der Waals surface area contributed by atoms with Crippen molar-refractivity contribution in [2.45, 2.75) is 23.3 Å². The van der Waals surface area contributed by atoms with Crippen molar-refractivity contribution >= 4 is 44.7 Å². The summed E-state index contributed by atoms with van der Waals surface area (Å²) in [4.78, 5) is 5.57. The second kappa shape index (κ2) is 9.39. The SMILES string of the molecule is N#Cc1cc(NS(=O)(=O)c2ccc(Cl)cc2F)cnc1N1CCC(O)(c2ccc(Cl)cc2)CC1. The van der Waals surface area contributed by atoms with E-state index in [-0.39, 0.29) is 16.3 Å². The molecule has 0 amide bonds. The standard InChI is InChI=1S/C23H19Cl2FN4O3S/c24-17-3-1-16(2-4-17)23(31)7-9-30(10-8-23)22-15(13-27)11-19(14-28-22)29-34(32,33)21-6-5-18(25)12-20(21)26/h1-6,11-12,14,29,31H,7-10H2. The Morgan fingerprint density at radius 2 is 1.74 bits per heavy atom. The van der Waals surface area contributed by atoms with E-state index in [9.17, 15) is 23.2 Å². The Morgan fingerprint density at radius 1 is 1.09 bits per heavy atom. The summed E-state index contributed by atoms with van der Waals surface area (Å²) < 4.78 is 41.5. The first-order valence-electron chi connectivity index (χ1n) is 10.2. The quantitative estimate of drug-likeness (QED) is 0.505. The molecule has 34 heavy (non-hydrogen) atoms. The van der Waals surface area contributed by atoms with E-state index in [1.807, 2.05) is 11.0 Å². The second-order valence-corrected chi connectivity index (χ2v) is 10.4. The molecule has 2 aromatic carbocycles. The number of aromatic nitrogens is 1. The molecule has 1 saturated heterocycles. The van der Waals surface area contributed by atoms with Crippen molar-refractivity contribution in [2.75, 3.05) is 22.7 Å². The van der Waals surface area contributed by atoms with Crippen LogP contribution >= 0.6 is 23.2 Å². The van der Waals surface area contributed by atoms with E-state index >= 15 is 0 Å². The molecule has 0 radical (unpaired) electrons. The highest BCUT2D eigenvalue weighted by molar-refractivity contribution is 7.92. The molecule has 4 rings (SSSR count). The van der Waals surface area contributed by atoms with Crippen LogP contribution in [0, 0.1) is 17.1 Å². The minimum absolute atomic E-state index is 0.0179. The van der Waals surface area contributed by atoms with Gasteiger partial charge in [0.25, 0.3) is 10.0 Å². The Kier molecular flexibility index (Phi) is 6.69. The molecule has 0 atom stereocenters. The average molecular weight is 521 g/mol. The summed E-state index contributed by atoms with van der Waals surface area (Å²) in [5, 5.41) is 21.4. The lowest BCUT2D eigenvalue weighted by atomic mass is 9.84. The van der Waals surface area contributed by atoms with Gasteiger partial charge in [0.1, 0.15) is 22.6 Å². The molecule has 1 aliphatic heterocycles. The molecule has 176 valence electrons. The number of anilines is 2. The maximum atomic E-state index is 14.1. The number of halogens is 3. The van der Waals surface area contributed by atoms with E-state index in [0.29, 0.717) is 36.8 Å². The van der Waals surface area contributed by atoms with Gasteiger partial charge in [-0.2, -0.15) is 5.26 Å².